The number of aryl methyl sites for hydroxylation is 3. The highest BCUT2D eigenvalue weighted by atomic mass is 32.2. The molecule has 2 rings (SSSR count). The third-order valence-corrected chi connectivity index (χ3v) is 4.77. The number of hydrogen-bond donors (Lipinski definition) is 1. The molecule has 0 aliphatic heterocycles. The van der Waals surface area contributed by atoms with Gasteiger partial charge in [-0.1, -0.05) is 6.07 Å². The van der Waals surface area contributed by atoms with Crippen LogP contribution in [0.3, 0.4) is 0 Å². The zero-order valence-corrected chi connectivity index (χ0v) is 12.5. The Hall–Kier alpha value is -1.73. The third-order valence-electron chi connectivity index (χ3n) is 3.43. The molecule has 1 heterocycles. The molecule has 0 unspecified atom stereocenters. The van der Waals surface area contributed by atoms with Gasteiger partial charge in [-0.15, -0.1) is 0 Å². The molecule has 0 aliphatic carbocycles. The smallest absolute Gasteiger partial charge is 0.261 e. The molecule has 0 saturated heterocycles. The number of benzene rings is 1. The van der Waals surface area contributed by atoms with E-state index < -0.39 is 10.0 Å². The maximum Gasteiger partial charge on any atom is 0.261 e. The molecule has 6 nitrogen and oxygen atoms in total. The fraction of sp³-hybridized carbons (Fsp3) is 0.385. The van der Waals surface area contributed by atoms with Gasteiger partial charge >= 0.3 is 0 Å². The van der Waals surface area contributed by atoms with Crippen LogP contribution in [0.5, 0.6) is 0 Å². The SMILES string of the molecule is CNS(=O)(=O)CCn1cnc2c(C)c(C)ccc2c1=O. The molecular formula is C13H17N3O3S. The van der Waals surface area contributed by atoms with Crippen molar-refractivity contribution in [2.45, 2.75) is 20.4 Å². The topological polar surface area (TPSA) is 81.1 Å². The van der Waals surface area contributed by atoms with Crippen LogP contribution in [0.25, 0.3) is 10.9 Å². The van der Waals surface area contributed by atoms with Crippen LogP contribution in [-0.2, 0) is 16.6 Å². The number of hydrogen-bond acceptors (Lipinski definition) is 4. The number of sulfonamides is 1. The fourth-order valence-corrected chi connectivity index (χ4v) is 2.60. The van der Waals surface area contributed by atoms with E-state index in [1.807, 2.05) is 19.9 Å². The molecule has 20 heavy (non-hydrogen) atoms. The van der Waals surface area contributed by atoms with Crippen LogP contribution in [0.2, 0.25) is 0 Å². The average Bonchev–Trinajstić information content (AvgIpc) is 2.42. The van der Waals surface area contributed by atoms with Crippen molar-refractivity contribution in [3.05, 3.63) is 39.9 Å². The highest BCUT2D eigenvalue weighted by molar-refractivity contribution is 7.89. The second-order valence-corrected chi connectivity index (χ2v) is 6.72. The Labute approximate surface area is 117 Å². The molecule has 0 amide bonds. The highest BCUT2D eigenvalue weighted by Crippen LogP contribution is 2.16. The van der Waals surface area contributed by atoms with Crippen LogP contribution in [0.4, 0.5) is 0 Å². The molecule has 0 fully saturated rings. The minimum atomic E-state index is -3.34. The molecule has 1 N–H and O–H groups in total. The van der Waals surface area contributed by atoms with Gasteiger partial charge in [-0.3, -0.25) is 9.36 Å². The summed E-state index contributed by atoms with van der Waals surface area (Å²) in [4.78, 5) is 16.6. The van der Waals surface area contributed by atoms with E-state index in [9.17, 15) is 13.2 Å². The molecule has 2 aromatic rings. The third kappa shape index (κ3) is 2.73. The Kier molecular flexibility index (Phi) is 3.92. The van der Waals surface area contributed by atoms with Gasteiger partial charge in [-0.05, 0) is 38.1 Å². The van der Waals surface area contributed by atoms with Crippen LogP contribution in [0, 0.1) is 13.8 Å². The lowest BCUT2D eigenvalue weighted by molar-refractivity contribution is 0.579. The Morgan fingerprint density at radius 2 is 2.00 bits per heavy atom. The highest BCUT2D eigenvalue weighted by Gasteiger charge is 2.11. The number of fused-ring (bicyclic) bond motifs is 1. The molecule has 0 saturated carbocycles. The van der Waals surface area contributed by atoms with E-state index in [0.29, 0.717) is 10.9 Å². The number of rotatable bonds is 4. The Morgan fingerprint density at radius 3 is 2.65 bits per heavy atom. The van der Waals surface area contributed by atoms with Crippen molar-refractivity contribution in [1.29, 1.82) is 0 Å². The summed E-state index contributed by atoms with van der Waals surface area (Å²) in [6.45, 7) is 3.96. The Balaban J connectivity index is 2.46. The van der Waals surface area contributed by atoms with Gasteiger partial charge in [0.2, 0.25) is 10.0 Å². The van der Waals surface area contributed by atoms with Gasteiger partial charge in [-0.2, -0.15) is 0 Å². The van der Waals surface area contributed by atoms with Crippen molar-refractivity contribution in [2.75, 3.05) is 12.8 Å². The summed E-state index contributed by atoms with van der Waals surface area (Å²) in [7, 11) is -1.99. The molecule has 7 heteroatoms. The number of nitrogens with one attached hydrogen (secondary N) is 1. The molecular weight excluding hydrogens is 278 g/mol. The van der Waals surface area contributed by atoms with E-state index in [1.54, 1.807) is 6.07 Å². The Bertz CT molecular complexity index is 809. The fourth-order valence-electron chi connectivity index (χ4n) is 1.95. The van der Waals surface area contributed by atoms with Crippen molar-refractivity contribution in [3.63, 3.8) is 0 Å². The summed E-state index contributed by atoms with van der Waals surface area (Å²) in [6.07, 6.45) is 1.41. The molecule has 1 aromatic heterocycles. The quantitative estimate of drug-likeness (QED) is 0.894. The minimum absolute atomic E-state index is 0.0812. The summed E-state index contributed by atoms with van der Waals surface area (Å²) < 4.78 is 26.3. The minimum Gasteiger partial charge on any atom is -0.298 e. The predicted molar refractivity (Wildman–Crippen MR) is 78.3 cm³/mol. The molecule has 108 valence electrons. The second-order valence-electron chi connectivity index (χ2n) is 4.67. The van der Waals surface area contributed by atoms with Crippen molar-refractivity contribution < 1.29 is 8.42 Å². The van der Waals surface area contributed by atoms with Crippen molar-refractivity contribution >= 4 is 20.9 Å². The molecule has 1 aromatic carbocycles. The standard InChI is InChI=1S/C13H17N3O3S/c1-9-4-5-11-12(10(9)2)15-8-16(13(11)17)6-7-20(18,19)14-3/h4-5,8,14H,6-7H2,1-3H3. The number of nitrogens with zero attached hydrogens (tertiary/aromatic N) is 2. The van der Waals surface area contributed by atoms with Crippen LogP contribution < -0.4 is 10.3 Å². The van der Waals surface area contributed by atoms with Gasteiger partial charge in [0.25, 0.3) is 5.56 Å². The predicted octanol–water partition coefficient (Wildman–Crippen LogP) is 0.563. The van der Waals surface area contributed by atoms with Crippen LogP contribution in [0.1, 0.15) is 11.1 Å². The van der Waals surface area contributed by atoms with Crippen molar-refractivity contribution in [2.24, 2.45) is 0 Å². The first kappa shape index (κ1) is 14.7. The summed E-state index contributed by atoms with van der Waals surface area (Å²) >= 11 is 0. The summed E-state index contributed by atoms with van der Waals surface area (Å²) in [5.41, 5.74) is 2.49. The van der Waals surface area contributed by atoms with Crippen molar-refractivity contribution in [3.8, 4) is 0 Å². The van der Waals surface area contributed by atoms with E-state index in [2.05, 4.69) is 9.71 Å². The van der Waals surface area contributed by atoms with E-state index >= 15 is 0 Å². The van der Waals surface area contributed by atoms with Crippen molar-refractivity contribution in [1.82, 2.24) is 14.3 Å². The molecule has 0 bridgehead atoms. The molecule has 0 atom stereocenters. The second kappa shape index (κ2) is 5.34. The van der Waals surface area contributed by atoms with Crippen LogP contribution in [-0.4, -0.2) is 30.8 Å². The van der Waals surface area contributed by atoms with E-state index in [-0.39, 0.29) is 17.9 Å². The lowest BCUT2D eigenvalue weighted by atomic mass is 10.1. The maximum atomic E-state index is 12.3. The Morgan fingerprint density at radius 1 is 1.30 bits per heavy atom. The van der Waals surface area contributed by atoms with Gasteiger partial charge in [0, 0.05) is 6.54 Å². The molecule has 0 radical (unpaired) electrons. The summed E-state index contributed by atoms with van der Waals surface area (Å²) in [5, 5.41) is 0.512. The zero-order chi connectivity index (χ0) is 14.9. The van der Waals surface area contributed by atoms with E-state index in [0.717, 1.165) is 11.1 Å². The normalized spacial score (nSPS) is 11.9. The van der Waals surface area contributed by atoms with E-state index in [1.165, 1.54) is 17.9 Å². The van der Waals surface area contributed by atoms with Gasteiger partial charge in [0.15, 0.2) is 0 Å². The summed E-state index contributed by atoms with van der Waals surface area (Å²) in [5.74, 6) is -0.151. The molecule has 0 spiro atoms. The van der Waals surface area contributed by atoms with Gasteiger partial charge in [-0.25, -0.2) is 18.1 Å². The number of aromatic nitrogens is 2. The largest absolute Gasteiger partial charge is 0.298 e. The average molecular weight is 295 g/mol. The summed E-state index contributed by atoms with van der Waals surface area (Å²) in [6, 6.07) is 3.60. The first-order valence-corrected chi connectivity index (χ1v) is 7.87. The van der Waals surface area contributed by atoms with Gasteiger partial charge < -0.3 is 0 Å². The van der Waals surface area contributed by atoms with Gasteiger partial charge in [0.05, 0.1) is 23.0 Å². The molecule has 0 aliphatic rings. The first-order valence-electron chi connectivity index (χ1n) is 6.22. The monoisotopic (exact) mass is 295 g/mol. The lowest BCUT2D eigenvalue weighted by Gasteiger charge is -2.09. The first-order chi connectivity index (χ1) is 9.35. The maximum absolute atomic E-state index is 12.3. The van der Waals surface area contributed by atoms with Crippen LogP contribution >= 0.6 is 0 Å². The zero-order valence-electron chi connectivity index (χ0n) is 11.7. The van der Waals surface area contributed by atoms with Crippen LogP contribution in [0.15, 0.2) is 23.3 Å². The lowest BCUT2D eigenvalue weighted by Crippen LogP contribution is -2.29. The van der Waals surface area contributed by atoms with Gasteiger partial charge in [0.1, 0.15) is 0 Å². The van der Waals surface area contributed by atoms with E-state index in [4.69, 9.17) is 0 Å².